The van der Waals surface area contributed by atoms with Gasteiger partial charge in [0.2, 0.25) is 0 Å². The predicted molar refractivity (Wildman–Crippen MR) is 82.6 cm³/mol. The fourth-order valence-corrected chi connectivity index (χ4v) is 2.97. The van der Waals surface area contributed by atoms with Crippen molar-refractivity contribution in [2.75, 3.05) is 0 Å². The SMILES string of the molecule is O=[N+]([O-])c1ccc(CC(Br)c2ccccc2)c(Br)c1. The van der Waals surface area contributed by atoms with Crippen molar-refractivity contribution in [3.8, 4) is 0 Å². The molecular weight excluding hydrogens is 374 g/mol. The molecule has 2 aromatic rings. The number of halogens is 2. The molecule has 0 fully saturated rings. The third-order valence-corrected chi connectivity index (χ3v) is 4.40. The summed E-state index contributed by atoms with van der Waals surface area (Å²) in [5.74, 6) is 0. The van der Waals surface area contributed by atoms with Crippen molar-refractivity contribution in [3.05, 3.63) is 74.2 Å². The maximum atomic E-state index is 10.7. The normalized spacial score (nSPS) is 12.1. The van der Waals surface area contributed by atoms with Crippen LogP contribution in [0.5, 0.6) is 0 Å². The van der Waals surface area contributed by atoms with Crippen molar-refractivity contribution in [1.82, 2.24) is 0 Å². The predicted octanol–water partition coefficient (Wildman–Crippen LogP) is 5.04. The molecule has 98 valence electrons. The highest BCUT2D eigenvalue weighted by Gasteiger charge is 2.13. The van der Waals surface area contributed by atoms with Crippen molar-refractivity contribution >= 4 is 37.5 Å². The van der Waals surface area contributed by atoms with Gasteiger partial charge in [0.15, 0.2) is 0 Å². The van der Waals surface area contributed by atoms with E-state index >= 15 is 0 Å². The molecule has 2 rings (SSSR count). The van der Waals surface area contributed by atoms with Gasteiger partial charge in [0.05, 0.1) is 4.92 Å². The van der Waals surface area contributed by atoms with Crippen LogP contribution in [0.2, 0.25) is 0 Å². The fraction of sp³-hybridized carbons (Fsp3) is 0.143. The van der Waals surface area contributed by atoms with E-state index in [1.54, 1.807) is 12.1 Å². The molecule has 0 radical (unpaired) electrons. The zero-order valence-electron chi connectivity index (χ0n) is 9.92. The Morgan fingerprint density at radius 1 is 1.16 bits per heavy atom. The van der Waals surface area contributed by atoms with Gasteiger partial charge in [0, 0.05) is 21.4 Å². The summed E-state index contributed by atoms with van der Waals surface area (Å²) in [4.78, 5) is 10.5. The number of alkyl halides is 1. The van der Waals surface area contributed by atoms with Crippen LogP contribution in [-0.4, -0.2) is 4.92 Å². The van der Waals surface area contributed by atoms with E-state index in [-0.39, 0.29) is 10.5 Å². The van der Waals surface area contributed by atoms with Crippen LogP contribution in [0.25, 0.3) is 0 Å². The van der Waals surface area contributed by atoms with Gasteiger partial charge in [0.1, 0.15) is 0 Å². The number of hydrogen-bond acceptors (Lipinski definition) is 2. The summed E-state index contributed by atoms with van der Waals surface area (Å²) in [6.45, 7) is 0. The molecule has 0 saturated heterocycles. The largest absolute Gasteiger partial charge is 0.270 e. The number of non-ortho nitro benzene ring substituents is 1. The van der Waals surface area contributed by atoms with Gasteiger partial charge in [-0.3, -0.25) is 10.1 Å². The van der Waals surface area contributed by atoms with E-state index < -0.39 is 4.92 Å². The van der Waals surface area contributed by atoms with E-state index in [9.17, 15) is 10.1 Å². The van der Waals surface area contributed by atoms with Crippen molar-refractivity contribution in [1.29, 1.82) is 0 Å². The Hall–Kier alpha value is -1.20. The van der Waals surface area contributed by atoms with E-state index in [1.807, 2.05) is 18.2 Å². The second-order valence-electron chi connectivity index (χ2n) is 4.12. The van der Waals surface area contributed by atoms with E-state index in [1.165, 1.54) is 11.6 Å². The molecular formula is C14H11Br2NO2. The van der Waals surface area contributed by atoms with Crippen molar-refractivity contribution < 1.29 is 4.92 Å². The molecule has 0 aliphatic rings. The van der Waals surface area contributed by atoms with E-state index in [4.69, 9.17) is 0 Å². The van der Waals surface area contributed by atoms with Crippen molar-refractivity contribution in [3.63, 3.8) is 0 Å². The number of nitrogens with zero attached hydrogens (tertiary/aromatic N) is 1. The summed E-state index contributed by atoms with van der Waals surface area (Å²) in [5.41, 5.74) is 2.32. The Morgan fingerprint density at radius 3 is 2.42 bits per heavy atom. The molecule has 0 spiro atoms. The van der Waals surface area contributed by atoms with Crippen LogP contribution in [0.1, 0.15) is 16.0 Å². The first-order chi connectivity index (χ1) is 9.08. The maximum Gasteiger partial charge on any atom is 0.270 e. The van der Waals surface area contributed by atoms with Crippen LogP contribution in [0.3, 0.4) is 0 Å². The zero-order valence-corrected chi connectivity index (χ0v) is 13.1. The zero-order chi connectivity index (χ0) is 13.8. The molecule has 2 aromatic carbocycles. The highest BCUT2D eigenvalue weighted by Crippen LogP contribution is 2.31. The minimum atomic E-state index is -0.392. The van der Waals surface area contributed by atoms with Gasteiger partial charge < -0.3 is 0 Å². The van der Waals surface area contributed by atoms with Gasteiger partial charge in [-0.2, -0.15) is 0 Å². The van der Waals surface area contributed by atoms with E-state index in [0.29, 0.717) is 0 Å². The summed E-state index contributed by atoms with van der Waals surface area (Å²) in [6.07, 6.45) is 0.766. The fourth-order valence-electron chi connectivity index (χ4n) is 1.79. The molecule has 5 heteroatoms. The van der Waals surface area contributed by atoms with E-state index in [2.05, 4.69) is 44.0 Å². The molecule has 0 heterocycles. The summed E-state index contributed by atoms with van der Waals surface area (Å²) in [7, 11) is 0. The van der Waals surface area contributed by atoms with Crippen LogP contribution in [0.4, 0.5) is 5.69 Å². The standard InChI is InChI=1S/C14H11Br2NO2/c15-13(10-4-2-1-3-5-10)8-11-6-7-12(17(18)19)9-14(11)16/h1-7,9,13H,8H2. The minimum absolute atomic E-state index is 0.0986. The summed E-state index contributed by atoms with van der Waals surface area (Å²) in [6, 6.07) is 14.9. The second kappa shape index (κ2) is 6.30. The van der Waals surface area contributed by atoms with Gasteiger partial charge >= 0.3 is 0 Å². The topological polar surface area (TPSA) is 43.1 Å². The molecule has 1 atom stereocenters. The average molecular weight is 385 g/mol. The molecule has 19 heavy (non-hydrogen) atoms. The Bertz CT molecular complexity index is 587. The monoisotopic (exact) mass is 383 g/mol. The van der Waals surface area contributed by atoms with Crippen LogP contribution in [-0.2, 0) is 6.42 Å². The summed E-state index contributed by atoms with van der Waals surface area (Å²) >= 11 is 7.04. The average Bonchev–Trinajstić information content (AvgIpc) is 2.41. The van der Waals surface area contributed by atoms with Gasteiger partial charge in [-0.05, 0) is 17.5 Å². The van der Waals surface area contributed by atoms with Crippen LogP contribution in [0, 0.1) is 10.1 Å². The number of nitro benzene ring substituents is 1. The Morgan fingerprint density at radius 2 is 1.84 bits per heavy atom. The molecule has 0 amide bonds. The summed E-state index contributed by atoms with van der Waals surface area (Å²) < 4.78 is 0.766. The second-order valence-corrected chi connectivity index (χ2v) is 6.07. The van der Waals surface area contributed by atoms with Gasteiger partial charge in [-0.15, -0.1) is 0 Å². The number of benzene rings is 2. The van der Waals surface area contributed by atoms with Crippen molar-refractivity contribution in [2.24, 2.45) is 0 Å². The number of nitro groups is 1. The molecule has 0 saturated carbocycles. The molecule has 0 N–H and O–H groups in total. The molecule has 0 aromatic heterocycles. The third-order valence-electron chi connectivity index (χ3n) is 2.81. The van der Waals surface area contributed by atoms with Gasteiger partial charge in [-0.1, -0.05) is 68.3 Å². The first-order valence-corrected chi connectivity index (χ1v) is 7.40. The van der Waals surface area contributed by atoms with Crippen LogP contribution in [0.15, 0.2) is 53.0 Å². The smallest absolute Gasteiger partial charge is 0.258 e. The minimum Gasteiger partial charge on any atom is -0.258 e. The molecule has 0 aliphatic heterocycles. The lowest BCUT2D eigenvalue weighted by Gasteiger charge is -2.11. The summed E-state index contributed by atoms with van der Waals surface area (Å²) in [5, 5.41) is 10.7. The maximum absolute atomic E-state index is 10.7. The molecule has 0 aliphatic carbocycles. The number of rotatable bonds is 4. The number of hydrogen-bond donors (Lipinski definition) is 0. The lowest BCUT2D eigenvalue weighted by Crippen LogP contribution is -1.97. The van der Waals surface area contributed by atoms with Crippen LogP contribution >= 0.6 is 31.9 Å². The molecule has 0 bridgehead atoms. The lowest BCUT2D eigenvalue weighted by molar-refractivity contribution is -0.384. The molecule has 3 nitrogen and oxygen atoms in total. The highest BCUT2D eigenvalue weighted by molar-refractivity contribution is 9.10. The van der Waals surface area contributed by atoms with E-state index in [0.717, 1.165) is 16.5 Å². The molecule has 1 unspecified atom stereocenters. The Labute approximate surface area is 128 Å². The first kappa shape index (κ1) is 14.2. The Kier molecular flexibility index (Phi) is 4.71. The van der Waals surface area contributed by atoms with Crippen molar-refractivity contribution in [2.45, 2.75) is 11.2 Å². The first-order valence-electron chi connectivity index (χ1n) is 5.70. The van der Waals surface area contributed by atoms with Crippen LogP contribution < -0.4 is 0 Å². The Balaban J connectivity index is 2.18. The van der Waals surface area contributed by atoms with Gasteiger partial charge in [0.25, 0.3) is 5.69 Å². The third kappa shape index (κ3) is 3.64. The van der Waals surface area contributed by atoms with Gasteiger partial charge in [-0.25, -0.2) is 0 Å². The highest BCUT2D eigenvalue weighted by atomic mass is 79.9. The quantitative estimate of drug-likeness (QED) is 0.421. The lowest BCUT2D eigenvalue weighted by atomic mass is 10.0.